The maximum absolute atomic E-state index is 5.64. The van der Waals surface area contributed by atoms with Crippen LogP contribution in [0.25, 0.3) is 0 Å². The predicted octanol–water partition coefficient (Wildman–Crippen LogP) is 0.746. The lowest BCUT2D eigenvalue weighted by atomic mass is 10.3. The Labute approximate surface area is 104 Å². The Morgan fingerprint density at radius 3 is 2.89 bits per heavy atom. The van der Waals surface area contributed by atoms with Gasteiger partial charge in [-0.25, -0.2) is 9.97 Å². The van der Waals surface area contributed by atoms with Crippen LogP contribution in [0.5, 0.6) is 0 Å². The van der Waals surface area contributed by atoms with Crippen LogP contribution in [0.2, 0.25) is 0 Å². The molecule has 0 radical (unpaired) electrons. The summed E-state index contributed by atoms with van der Waals surface area (Å²) in [5, 5.41) is 3.77. The van der Waals surface area contributed by atoms with E-state index in [0.717, 1.165) is 6.54 Å². The maximum atomic E-state index is 5.64. The third-order valence-electron chi connectivity index (χ3n) is 2.72. The number of aryl methyl sites for hydroxylation is 1. The van der Waals surface area contributed by atoms with Crippen LogP contribution in [0, 0.1) is 6.92 Å². The van der Waals surface area contributed by atoms with Gasteiger partial charge in [0.1, 0.15) is 0 Å². The zero-order valence-corrected chi connectivity index (χ0v) is 9.98. The van der Waals surface area contributed by atoms with Gasteiger partial charge in [0.2, 0.25) is 5.95 Å². The molecule has 2 aromatic rings. The summed E-state index contributed by atoms with van der Waals surface area (Å²) in [5.74, 6) is 1.82. The number of morpholine rings is 1. The monoisotopic (exact) mass is 247 g/mol. The Hall–Kier alpha value is -2.02. The molecule has 3 rings (SSSR count). The van der Waals surface area contributed by atoms with E-state index in [1.165, 1.54) is 0 Å². The third kappa shape index (κ3) is 2.17. The minimum Gasteiger partial charge on any atom is -0.365 e. The molecule has 1 saturated heterocycles. The number of hydrogen-bond donors (Lipinski definition) is 0. The number of aromatic nitrogens is 4. The molecule has 0 bridgehead atoms. The van der Waals surface area contributed by atoms with Crippen LogP contribution in [0.3, 0.4) is 0 Å². The highest BCUT2D eigenvalue weighted by molar-refractivity contribution is 5.29. The molecule has 0 N–H and O–H groups in total. The van der Waals surface area contributed by atoms with Crippen LogP contribution in [0.4, 0.5) is 5.95 Å². The summed E-state index contributed by atoms with van der Waals surface area (Å²) in [7, 11) is 0. The van der Waals surface area contributed by atoms with Crippen molar-refractivity contribution in [2.75, 3.05) is 24.6 Å². The zero-order chi connectivity index (χ0) is 12.4. The molecule has 0 aliphatic carbocycles. The first kappa shape index (κ1) is 11.1. The average Bonchev–Trinajstić information content (AvgIpc) is 2.87. The zero-order valence-electron chi connectivity index (χ0n) is 9.98. The topological polar surface area (TPSA) is 77.2 Å². The van der Waals surface area contributed by atoms with E-state index < -0.39 is 0 Å². The van der Waals surface area contributed by atoms with Crippen molar-refractivity contribution in [2.24, 2.45) is 0 Å². The minimum atomic E-state index is -0.219. The normalized spacial score (nSPS) is 20.1. The summed E-state index contributed by atoms with van der Waals surface area (Å²) in [6.45, 7) is 3.75. The second-order valence-corrected chi connectivity index (χ2v) is 4.03. The Bertz CT molecular complexity index is 515. The van der Waals surface area contributed by atoms with Gasteiger partial charge in [0.15, 0.2) is 11.9 Å². The van der Waals surface area contributed by atoms with Crippen LogP contribution in [0.1, 0.15) is 17.8 Å². The van der Waals surface area contributed by atoms with Crippen LogP contribution >= 0.6 is 0 Å². The number of nitrogens with zero attached hydrogens (tertiary/aromatic N) is 5. The van der Waals surface area contributed by atoms with Crippen molar-refractivity contribution < 1.29 is 9.26 Å². The molecule has 18 heavy (non-hydrogen) atoms. The molecule has 7 nitrogen and oxygen atoms in total. The average molecular weight is 247 g/mol. The van der Waals surface area contributed by atoms with E-state index in [1.807, 2.05) is 4.90 Å². The van der Waals surface area contributed by atoms with Gasteiger partial charge < -0.3 is 14.2 Å². The van der Waals surface area contributed by atoms with E-state index >= 15 is 0 Å². The largest absolute Gasteiger partial charge is 0.365 e. The SMILES string of the molecule is Cc1noc([C@@H]2CN(c3ncccn3)CCO2)n1. The summed E-state index contributed by atoms with van der Waals surface area (Å²) < 4.78 is 10.8. The van der Waals surface area contributed by atoms with Crippen LogP contribution < -0.4 is 4.90 Å². The fraction of sp³-hybridized carbons (Fsp3) is 0.455. The van der Waals surface area contributed by atoms with Crippen LogP contribution in [-0.2, 0) is 4.74 Å². The lowest BCUT2D eigenvalue weighted by Crippen LogP contribution is -2.39. The minimum absolute atomic E-state index is 0.219. The smallest absolute Gasteiger partial charge is 0.257 e. The fourth-order valence-corrected chi connectivity index (χ4v) is 1.88. The summed E-state index contributed by atoms with van der Waals surface area (Å²) in [5.41, 5.74) is 0. The first-order valence-electron chi connectivity index (χ1n) is 5.77. The molecular weight excluding hydrogens is 234 g/mol. The van der Waals surface area contributed by atoms with E-state index in [0.29, 0.717) is 30.8 Å². The van der Waals surface area contributed by atoms with Crippen molar-refractivity contribution in [3.05, 3.63) is 30.2 Å². The van der Waals surface area contributed by atoms with E-state index in [2.05, 4.69) is 20.1 Å². The van der Waals surface area contributed by atoms with Crippen LogP contribution in [-0.4, -0.2) is 39.8 Å². The van der Waals surface area contributed by atoms with E-state index in [-0.39, 0.29) is 6.10 Å². The van der Waals surface area contributed by atoms with Gasteiger partial charge in [-0.15, -0.1) is 0 Å². The van der Waals surface area contributed by atoms with E-state index in [1.54, 1.807) is 25.4 Å². The van der Waals surface area contributed by atoms with Gasteiger partial charge in [0, 0.05) is 18.9 Å². The lowest BCUT2D eigenvalue weighted by Gasteiger charge is -2.30. The molecule has 0 aromatic carbocycles. The maximum Gasteiger partial charge on any atom is 0.257 e. The van der Waals surface area contributed by atoms with Crippen molar-refractivity contribution in [3.63, 3.8) is 0 Å². The molecule has 7 heteroatoms. The van der Waals surface area contributed by atoms with Crippen molar-refractivity contribution in [1.29, 1.82) is 0 Å². The predicted molar refractivity (Wildman–Crippen MR) is 62.0 cm³/mol. The van der Waals surface area contributed by atoms with Crippen LogP contribution in [0.15, 0.2) is 23.0 Å². The standard InChI is InChI=1S/C11H13N5O2/c1-8-14-10(18-15-8)9-7-16(5-6-17-9)11-12-3-2-4-13-11/h2-4,9H,5-7H2,1H3/t9-/m0/s1. The summed E-state index contributed by atoms with van der Waals surface area (Å²) in [4.78, 5) is 14.7. The van der Waals surface area contributed by atoms with E-state index in [4.69, 9.17) is 9.26 Å². The summed E-state index contributed by atoms with van der Waals surface area (Å²) >= 11 is 0. The molecule has 0 amide bonds. The number of ether oxygens (including phenoxy) is 1. The number of anilines is 1. The number of hydrogen-bond acceptors (Lipinski definition) is 7. The summed E-state index contributed by atoms with van der Waals surface area (Å²) in [6, 6.07) is 1.79. The molecule has 0 saturated carbocycles. The summed E-state index contributed by atoms with van der Waals surface area (Å²) in [6.07, 6.45) is 3.23. The van der Waals surface area contributed by atoms with Gasteiger partial charge >= 0.3 is 0 Å². The molecule has 0 spiro atoms. The second kappa shape index (κ2) is 4.69. The number of rotatable bonds is 2. The molecule has 1 aliphatic heterocycles. The van der Waals surface area contributed by atoms with Gasteiger partial charge in [-0.2, -0.15) is 4.98 Å². The van der Waals surface area contributed by atoms with Gasteiger partial charge in [-0.1, -0.05) is 5.16 Å². The first-order chi connectivity index (χ1) is 8.83. The molecule has 1 fully saturated rings. The second-order valence-electron chi connectivity index (χ2n) is 4.03. The van der Waals surface area contributed by atoms with Crippen molar-refractivity contribution >= 4 is 5.95 Å². The van der Waals surface area contributed by atoms with Gasteiger partial charge in [-0.3, -0.25) is 0 Å². The van der Waals surface area contributed by atoms with E-state index in [9.17, 15) is 0 Å². The molecule has 94 valence electrons. The Kier molecular flexibility index (Phi) is 2.89. The Balaban J connectivity index is 1.76. The quantitative estimate of drug-likeness (QED) is 0.774. The fourth-order valence-electron chi connectivity index (χ4n) is 1.88. The molecule has 2 aromatic heterocycles. The molecular formula is C11H13N5O2. The van der Waals surface area contributed by atoms with Gasteiger partial charge in [0.25, 0.3) is 5.89 Å². The molecule has 1 aliphatic rings. The third-order valence-corrected chi connectivity index (χ3v) is 2.72. The molecule has 1 atom stereocenters. The highest BCUT2D eigenvalue weighted by Crippen LogP contribution is 2.22. The lowest BCUT2D eigenvalue weighted by molar-refractivity contribution is 0.0181. The van der Waals surface area contributed by atoms with Gasteiger partial charge in [-0.05, 0) is 13.0 Å². The molecule has 3 heterocycles. The Morgan fingerprint density at radius 2 is 2.17 bits per heavy atom. The first-order valence-corrected chi connectivity index (χ1v) is 5.77. The molecule has 0 unspecified atom stereocenters. The van der Waals surface area contributed by atoms with Crippen molar-refractivity contribution in [1.82, 2.24) is 20.1 Å². The van der Waals surface area contributed by atoms with Crippen molar-refractivity contribution in [2.45, 2.75) is 13.0 Å². The Morgan fingerprint density at radius 1 is 1.33 bits per heavy atom. The highest BCUT2D eigenvalue weighted by atomic mass is 16.5. The van der Waals surface area contributed by atoms with Gasteiger partial charge in [0.05, 0.1) is 13.2 Å². The van der Waals surface area contributed by atoms with Crippen molar-refractivity contribution in [3.8, 4) is 0 Å². The highest BCUT2D eigenvalue weighted by Gasteiger charge is 2.27.